The molecular formula is H3BCl3CoNa. The molecule has 37 valence electrons. The van der Waals surface area contributed by atoms with Crippen molar-refractivity contribution < 1.29 is 83.6 Å². The molecule has 0 aliphatic heterocycles. The van der Waals surface area contributed by atoms with Crippen molar-refractivity contribution in [3.8, 4) is 0 Å². The molecular weight excluding hydrogens is 199 g/mol. The van der Waals surface area contributed by atoms with Gasteiger partial charge in [-0.25, -0.2) is 0 Å². The second-order valence-electron chi connectivity index (χ2n) is 0. The monoisotopic (exact) mass is 201 g/mol. The molecule has 0 atom stereocenters. The predicted octanol–water partition coefficient (Wildman–Crippen LogP) is -13.2. The Bertz CT molecular complexity index is 10.8. The van der Waals surface area contributed by atoms with E-state index in [0.29, 0.717) is 0 Å². The Labute approximate surface area is 90.9 Å². The third-order valence-corrected chi connectivity index (χ3v) is 0. The van der Waals surface area contributed by atoms with Crippen molar-refractivity contribution in [2.45, 2.75) is 0 Å². The standard InChI is InChI=1S/BH3.3ClH.Co.Na/h1H3;3*1H;;/q;;;;+2;+1/p-3. The van der Waals surface area contributed by atoms with Crippen molar-refractivity contribution in [1.82, 2.24) is 0 Å². The van der Waals surface area contributed by atoms with Gasteiger partial charge in [0, 0.05) is 0 Å². The summed E-state index contributed by atoms with van der Waals surface area (Å²) in [5.74, 6) is 0. The molecule has 0 bridgehead atoms. The Balaban J connectivity index is 0. The molecule has 0 amide bonds. The summed E-state index contributed by atoms with van der Waals surface area (Å²) >= 11 is 0. The van der Waals surface area contributed by atoms with Gasteiger partial charge in [0.15, 0.2) is 0 Å². The van der Waals surface area contributed by atoms with Crippen LogP contribution in [0.2, 0.25) is 0 Å². The predicted molar refractivity (Wildman–Crippen MR) is 9.94 cm³/mol. The van der Waals surface area contributed by atoms with Gasteiger partial charge in [0.1, 0.15) is 0 Å². The van der Waals surface area contributed by atoms with E-state index in [2.05, 4.69) is 0 Å². The Morgan fingerprint density at radius 1 is 0.667 bits per heavy atom. The van der Waals surface area contributed by atoms with E-state index in [-0.39, 0.29) is 92.0 Å². The van der Waals surface area contributed by atoms with Gasteiger partial charge in [-0.1, -0.05) is 0 Å². The molecule has 6 heavy (non-hydrogen) atoms. The fourth-order valence-corrected chi connectivity index (χ4v) is 0. The van der Waals surface area contributed by atoms with Gasteiger partial charge >= 0.3 is 46.3 Å². The fraction of sp³-hybridized carbons (Fsp3) is 0. The van der Waals surface area contributed by atoms with Gasteiger partial charge in [-0.15, -0.1) is 0 Å². The van der Waals surface area contributed by atoms with Crippen molar-refractivity contribution in [3.63, 3.8) is 0 Å². The third kappa shape index (κ3) is 32.0. The van der Waals surface area contributed by atoms with Crippen LogP contribution in [-0.2, 0) is 16.8 Å². The van der Waals surface area contributed by atoms with Crippen LogP contribution in [0.5, 0.6) is 0 Å². The summed E-state index contributed by atoms with van der Waals surface area (Å²) in [7, 11) is 0. The molecule has 0 saturated carbocycles. The van der Waals surface area contributed by atoms with Gasteiger partial charge in [0.2, 0.25) is 0 Å². The normalized spacial score (nSPS) is 0. The maximum Gasteiger partial charge on any atom is 2.00 e. The van der Waals surface area contributed by atoms with Crippen LogP contribution in [0.15, 0.2) is 0 Å². The quantitative estimate of drug-likeness (QED) is 0.342. The van der Waals surface area contributed by atoms with Gasteiger partial charge < -0.3 is 37.2 Å². The van der Waals surface area contributed by atoms with Gasteiger partial charge in [0.05, 0.1) is 8.41 Å². The molecule has 0 aromatic rings. The molecule has 0 aliphatic rings. The molecule has 0 nitrogen and oxygen atoms in total. The molecule has 0 aromatic heterocycles. The summed E-state index contributed by atoms with van der Waals surface area (Å²) in [4.78, 5) is 0. The maximum atomic E-state index is 0. The average Bonchev–Trinajstić information content (AvgIpc) is 0. The summed E-state index contributed by atoms with van der Waals surface area (Å²) in [6.45, 7) is 0. The molecule has 0 heterocycles. The molecule has 0 spiro atoms. The minimum absolute atomic E-state index is 0. The zero-order valence-corrected chi connectivity index (χ0v) is 7.78. The first-order valence-electron chi connectivity index (χ1n) is 0. The zero-order valence-electron chi connectivity index (χ0n) is 2.47. The minimum Gasteiger partial charge on any atom is -1.00 e. The minimum atomic E-state index is 0. The Hall–Kier alpha value is 2.44. The second kappa shape index (κ2) is 51.8. The molecule has 0 N–H and O–H groups in total. The number of hydrogen-bond donors (Lipinski definition) is 0. The molecule has 0 fully saturated rings. The summed E-state index contributed by atoms with van der Waals surface area (Å²) in [6, 6.07) is 0. The smallest absolute Gasteiger partial charge is 1.00 e. The molecule has 0 saturated heterocycles. The van der Waals surface area contributed by atoms with E-state index >= 15 is 0 Å². The van der Waals surface area contributed by atoms with Gasteiger partial charge in [-0.05, 0) is 0 Å². The summed E-state index contributed by atoms with van der Waals surface area (Å²) < 4.78 is 0. The van der Waals surface area contributed by atoms with E-state index in [1.54, 1.807) is 0 Å². The Kier molecular flexibility index (Phi) is 677. The zero-order chi connectivity index (χ0) is 0. The molecule has 1 radical (unpaired) electrons. The van der Waals surface area contributed by atoms with Crippen LogP contribution in [0.3, 0.4) is 0 Å². The van der Waals surface area contributed by atoms with Crippen LogP contribution >= 0.6 is 0 Å². The van der Waals surface area contributed by atoms with Crippen LogP contribution < -0.4 is 66.8 Å². The first-order chi connectivity index (χ1) is 0. The van der Waals surface area contributed by atoms with Crippen molar-refractivity contribution in [1.29, 1.82) is 0 Å². The van der Waals surface area contributed by atoms with E-state index in [0.717, 1.165) is 0 Å². The van der Waals surface area contributed by atoms with E-state index in [1.165, 1.54) is 0 Å². The first kappa shape index (κ1) is 78.4. The van der Waals surface area contributed by atoms with Crippen molar-refractivity contribution in [2.75, 3.05) is 0 Å². The largest absolute Gasteiger partial charge is 2.00 e. The van der Waals surface area contributed by atoms with Crippen molar-refractivity contribution >= 4 is 8.41 Å². The SMILES string of the molecule is B.[Cl-].[Cl-].[Cl-].[Co+2].[Na+]. The summed E-state index contributed by atoms with van der Waals surface area (Å²) in [5, 5.41) is 0. The first-order valence-corrected chi connectivity index (χ1v) is 0. The van der Waals surface area contributed by atoms with E-state index in [4.69, 9.17) is 0 Å². The Morgan fingerprint density at radius 3 is 0.667 bits per heavy atom. The van der Waals surface area contributed by atoms with Gasteiger partial charge in [-0.3, -0.25) is 0 Å². The average molecular weight is 202 g/mol. The molecule has 6 heteroatoms. The van der Waals surface area contributed by atoms with E-state index in [1.807, 2.05) is 0 Å². The maximum absolute atomic E-state index is 0. The van der Waals surface area contributed by atoms with E-state index < -0.39 is 0 Å². The number of hydrogen-bond acceptors (Lipinski definition) is 0. The molecule has 0 unspecified atom stereocenters. The molecule has 0 aromatic carbocycles. The van der Waals surface area contributed by atoms with Crippen molar-refractivity contribution in [2.24, 2.45) is 0 Å². The van der Waals surface area contributed by atoms with Crippen molar-refractivity contribution in [3.05, 3.63) is 0 Å². The summed E-state index contributed by atoms with van der Waals surface area (Å²) in [5.41, 5.74) is 0. The Morgan fingerprint density at radius 2 is 0.667 bits per heavy atom. The number of halogens is 3. The van der Waals surface area contributed by atoms with Gasteiger partial charge in [-0.2, -0.15) is 0 Å². The van der Waals surface area contributed by atoms with Crippen LogP contribution in [0.25, 0.3) is 0 Å². The summed E-state index contributed by atoms with van der Waals surface area (Å²) in [6.07, 6.45) is 0. The van der Waals surface area contributed by atoms with E-state index in [9.17, 15) is 0 Å². The van der Waals surface area contributed by atoms with Crippen LogP contribution in [-0.4, -0.2) is 8.41 Å². The van der Waals surface area contributed by atoms with Gasteiger partial charge in [0.25, 0.3) is 0 Å². The third-order valence-electron chi connectivity index (χ3n) is 0. The molecule has 0 aliphatic carbocycles. The second-order valence-corrected chi connectivity index (χ2v) is 0. The van der Waals surface area contributed by atoms with Crippen LogP contribution in [0.1, 0.15) is 0 Å². The van der Waals surface area contributed by atoms with Crippen LogP contribution in [0, 0.1) is 0 Å². The number of rotatable bonds is 0. The van der Waals surface area contributed by atoms with Crippen LogP contribution in [0.4, 0.5) is 0 Å². The topological polar surface area (TPSA) is 0 Å². The fourth-order valence-electron chi connectivity index (χ4n) is 0. The molecule has 0 rings (SSSR count).